The number of likely N-dealkylation sites (N-methyl/N-ethyl adjacent to an activating group) is 1. The predicted molar refractivity (Wildman–Crippen MR) is 57.0 cm³/mol. The first kappa shape index (κ1) is 10.6. The minimum Gasteiger partial charge on any atom is -0.329 e. The van der Waals surface area contributed by atoms with Crippen LogP contribution in [0.4, 0.5) is 0 Å². The molecular weight excluding hydrogens is 182 g/mol. The standard InChI is InChI=1S/C9H17N3S/c1-7-9(13-8(2)11-7)6-12(3)5-4-10/h4-6,10H2,1-3H3. The lowest BCUT2D eigenvalue weighted by molar-refractivity contribution is 0.338. The van der Waals surface area contributed by atoms with Crippen molar-refractivity contribution in [1.29, 1.82) is 0 Å². The van der Waals surface area contributed by atoms with Gasteiger partial charge in [-0.2, -0.15) is 0 Å². The van der Waals surface area contributed by atoms with Crippen molar-refractivity contribution in [3.05, 3.63) is 15.6 Å². The third-order valence-corrected chi connectivity index (χ3v) is 2.98. The average Bonchev–Trinajstić information content (AvgIpc) is 2.30. The molecule has 74 valence electrons. The van der Waals surface area contributed by atoms with Gasteiger partial charge in [-0.1, -0.05) is 0 Å². The Morgan fingerprint density at radius 1 is 1.46 bits per heavy atom. The van der Waals surface area contributed by atoms with Crippen molar-refractivity contribution in [2.75, 3.05) is 20.1 Å². The summed E-state index contributed by atoms with van der Waals surface area (Å²) in [4.78, 5) is 7.96. The zero-order chi connectivity index (χ0) is 9.84. The molecule has 1 heterocycles. The average molecular weight is 199 g/mol. The van der Waals surface area contributed by atoms with Crippen molar-refractivity contribution in [1.82, 2.24) is 9.88 Å². The lowest BCUT2D eigenvalue weighted by Gasteiger charge is -2.13. The van der Waals surface area contributed by atoms with Gasteiger partial charge in [0.05, 0.1) is 10.7 Å². The number of rotatable bonds is 4. The van der Waals surface area contributed by atoms with Crippen molar-refractivity contribution in [2.45, 2.75) is 20.4 Å². The number of aryl methyl sites for hydroxylation is 2. The third-order valence-electron chi connectivity index (χ3n) is 1.92. The van der Waals surface area contributed by atoms with Gasteiger partial charge in [-0.25, -0.2) is 4.98 Å². The van der Waals surface area contributed by atoms with E-state index in [0.717, 1.165) is 23.8 Å². The molecule has 3 nitrogen and oxygen atoms in total. The summed E-state index contributed by atoms with van der Waals surface area (Å²) in [6, 6.07) is 0. The number of nitrogens with zero attached hydrogens (tertiary/aromatic N) is 2. The Morgan fingerprint density at radius 2 is 2.15 bits per heavy atom. The highest BCUT2D eigenvalue weighted by molar-refractivity contribution is 7.11. The summed E-state index contributed by atoms with van der Waals surface area (Å²) in [7, 11) is 2.08. The Hall–Kier alpha value is -0.450. The first-order valence-corrected chi connectivity index (χ1v) is 5.26. The monoisotopic (exact) mass is 199 g/mol. The van der Waals surface area contributed by atoms with E-state index in [-0.39, 0.29) is 0 Å². The van der Waals surface area contributed by atoms with Crippen molar-refractivity contribution in [3.63, 3.8) is 0 Å². The van der Waals surface area contributed by atoms with Crippen molar-refractivity contribution >= 4 is 11.3 Å². The van der Waals surface area contributed by atoms with E-state index in [9.17, 15) is 0 Å². The van der Waals surface area contributed by atoms with E-state index in [0.29, 0.717) is 6.54 Å². The molecule has 0 atom stereocenters. The Kier molecular flexibility index (Phi) is 3.84. The zero-order valence-electron chi connectivity index (χ0n) is 8.50. The second-order valence-corrected chi connectivity index (χ2v) is 4.56. The summed E-state index contributed by atoms with van der Waals surface area (Å²) in [6.45, 7) is 6.73. The van der Waals surface area contributed by atoms with E-state index < -0.39 is 0 Å². The van der Waals surface area contributed by atoms with Gasteiger partial charge in [-0.3, -0.25) is 4.90 Å². The Balaban J connectivity index is 2.57. The summed E-state index contributed by atoms with van der Waals surface area (Å²) >= 11 is 1.77. The van der Waals surface area contributed by atoms with Gasteiger partial charge in [0.15, 0.2) is 0 Å². The SMILES string of the molecule is Cc1nc(C)c(CN(C)CCN)s1. The molecule has 0 fully saturated rings. The maximum absolute atomic E-state index is 5.47. The van der Waals surface area contributed by atoms with Gasteiger partial charge in [0.2, 0.25) is 0 Å². The molecule has 0 aromatic carbocycles. The molecule has 0 radical (unpaired) electrons. The first-order valence-electron chi connectivity index (χ1n) is 4.45. The fourth-order valence-electron chi connectivity index (χ4n) is 1.26. The van der Waals surface area contributed by atoms with Gasteiger partial charge in [-0.15, -0.1) is 11.3 Å². The molecule has 0 saturated carbocycles. The quantitative estimate of drug-likeness (QED) is 0.791. The smallest absolute Gasteiger partial charge is 0.0900 e. The summed E-state index contributed by atoms with van der Waals surface area (Å²) < 4.78 is 0. The first-order chi connectivity index (χ1) is 6.13. The third kappa shape index (κ3) is 3.06. The van der Waals surface area contributed by atoms with Crippen LogP contribution in [0.5, 0.6) is 0 Å². The van der Waals surface area contributed by atoms with Gasteiger partial charge in [0.25, 0.3) is 0 Å². The maximum atomic E-state index is 5.47. The molecule has 1 rings (SSSR count). The molecule has 0 saturated heterocycles. The maximum Gasteiger partial charge on any atom is 0.0900 e. The molecule has 0 spiro atoms. The second-order valence-electron chi connectivity index (χ2n) is 3.27. The number of hydrogen-bond donors (Lipinski definition) is 1. The second kappa shape index (κ2) is 4.69. The van der Waals surface area contributed by atoms with Crippen LogP contribution in [0.2, 0.25) is 0 Å². The van der Waals surface area contributed by atoms with Crippen molar-refractivity contribution in [3.8, 4) is 0 Å². The highest BCUT2D eigenvalue weighted by atomic mass is 32.1. The van der Waals surface area contributed by atoms with Crippen molar-refractivity contribution in [2.24, 2.45) is 5.73 Å². The predicted octanol–water partition coefficient (Wildman–Crippen LogP) is 1.15. The highest BCUT2D eigenvalue weighted by Gasteiger charge is 2.06. The minimum atomic E-state index is 0.716. The topological polar surface area (TPSA) is 42.2 Å². The summed E-state index contributed by atoms with van der Waals surface area (Å²) in [5, 5.41) is 1.15. The Morgan fingerprint density at radius 3 is 2.62 bits per heavy atom. The number of nitrogens with two attached hydrogens (primary N) is 1. The molecule has 0 aliphatic rings. The highest BCUT2D eigenvalue weighted by Crippen LogP contribution is 2.18. The summed E-state index contributed by atoms with van der Waals surface area (Å²) in [6.07, 6.45) is 0. The van der Waals surface area contributed by atoms with E-state index in [1.54, 1.807) is 11.3 Å². The normalized spacial score (nSPS) is 11.2. The van der Waals surface area contributed by atoms with Crippen LogP contribution in [0.15, 0.2) is 0 Å². The van der Waals surface area contributed by atoms with Crippen LogP contribution in [0, 0.1) is 13.8 Å². The van der Waals surface area contributed by atoms with Crippen LogP contribution in [-0.2, 0) is 6.54 Å². The molecular formula is C9H17N3S. The summed E-state index contributed by atoms with van der Waals surface area (Å²) in [5.41, 5.74) is 6.63. The number of aromatic nitrogens is 1. The molecule has 1 aromatic rings. The Labute approximate surface area is 83.6 Å². The molecule has 1 aromatic heterocycles. The van der Waals surface area contributed by atoms with Gasteiger partial charge in [0, 0.05) is 24.5 Å². The number of hydrogen-bond acceptors (Lipinski definition) is 4. The van der Waals surface area contributed by atoms with E-state index >= 15 is 0 Å². The fourth-order valence-corrected chi connectivity index (χ4v) is 2.28. The molecule has 0 amide bonds. The van der Waals surface area contributed by atoms with Crippen LogP contribution in [-0.4, -0.2) is 30.0 Å². The van der Waals surface area contributed by atoms with Crippen LogP contribution < -0.4 is 5.73 Å². The van der Waals surface area contributed by atoms with Crippen LogP contribution in [0.3, 0.4) is 0 Å². The van der Waals surface area contributed by atoms with Gasteiger partial charge >= 0.3 is 0 Å². The van der Waals surface area contributed by atoms with Gasteiger partial charge in [0.1, 0.15) is 0 Å². The molecule has 0 aliphatic heterocycles. The Bertz CT molecular complexity index is 270. The van der Waals surface area contributed by atoms with E-state index in [1.807, 2.05) is 6.92 Å². The molecule has 13 heavy (non-hydrogen) atoms. The molecule has 4 heteroatoms. The largest absolute Gasteiger partial charge is 0.329 e. The molecule has 0 bridgehead atoms. The molecule has 0 unspecified atom stereocenters. The van der Waals surface area contributed by atoms with Crippen molar-refractivity contribution < 1.29 is 0 Å². The van der Waals surface area contributed by atoms with E-state index in [2.05, 4.69) is 23.9 Å². The molecule has 0 aliphatic carbocycles. The van der Waals surface area contributed by atoms with Gasteiger partial charge in [-0.05, 0) is 20.9 Å². The van der Waals surface area contributed by atoms with Crippen LogP contribution in [0.25, 0.3) is 0 Å². The summed E-state index contributed by atoms with van der Waals surface area (Å²) in [5.74, 6) is 0. The lowest BCUT2D eigenvalue weighted by atomic mass is 10.3. The molecule has 2 N–H and O–H groups in total. The van der Waals surface area contributed by atoms with E-state index in [1.165, 1.54) is 4.88 Å². The lowest BCUT2D eigenvalue weighted by Crippen LogP contribution is -2.24. The zero-order valence-corrected chi connectivity index (χ0v) is 9.32. The van der Waals surface area contributed by atoms with Crippen LogP contribution >= 0.6 is 11.3 Å². The number of thiazole rings is 1. The van der Waals surface area contributed by atoms with Gasteiger partial charge < -0.3 is 5.73 Å². The minimum absolute atomic E-state index is 0.716. The van der Waals surface area contributed by atoms with Crippen LogP contribution in [0.1, 0.15) is 15.6 Å². The fraction of sp³-hybridized carbons (Fsp3) is 0.667. The van der Waals surface area contributed by atoms with E-state index in [4.69, 9.17) is 5.73 Å².